The lowest BCUT2D eigenvalue weighted by Gasteiger charge is -2.47. The molecule has 6 nitrogen and oxygen atoms in total. The average molecular weight is 261 g/mol. The molecule has 0 aromatic rings. The molecule has 1 saturated heterocycles. The van der Waals surface area contributed by atoms with Crippen LogP contribution in [0.2, 0.25) is 0 Å². The number of aliphatic hydroxyl groups is 3. The minimum atomic E-state index is -1.21. The minimum absolute atomic E-state index is 0.0776. The third-order valence-electron chi connectivity index (χ3n) is 3.20. The molecule has 1 fully saturated rings. The number of hydrogen-bond acceptors (Lipinski definition) is 5. The van der Waals surface area contributed by atoms with Gasteiger partial charge in [-0.25, -0.2) is 0 Å². The molecular weight excluding hydrogens is 238 g/mol. The quantitative estimate of drug-likeness (QED) is 0.521. The van der Waals surface area contributed by atoms with Crippen molar-refractivity contribution >= 4 is 5.91 Å². The number of carbonyl (C=O) groups is 1. The Morgan fingerprint density at radius 2 is 2.11 bits per heavy atom. The molecule has 1 heterocycles. The van der Waals surface area contributed by atoms with Gasteiger partial charge in [-0.1, -0.05) is 13.8 Å². The number of nitrogens with one attached hydrogen (secondary N) is 1. The normalized spacial score (nSPS) is 36.7. The summed E-state index contributed by atoms with van der Waals surface area (Å²) in [4.78, 5) is 11.3. The van der Waals surface area contributed by atoms with E-state index in [-0.39, 0.29) is 25.0 Å². The Labute approximate surface area is 107 Å². The zero-order chi connectivity index (χ0) is 13.9. The average Bonchev–Trinajstić information content (AvgIpc) is 2.24. The summed E-state index contributed by atoms with van der Waals surface area (Å²) in [6, 6.07) is 0. The van der Waals surface area contributed by atoms with Crippen molar-refractivity contribution < 1.29 is 24.9 Å². The third-order valence-corrected chi connectivity index (χ3v) is 3.20. The Kier molecular flexibility index (Phi) is 5.10. The van der Waals surface area contributed by atoms with Gasteiger partial charge in [0.25, 0.3) is 0 Å². The lowest BCUT2D eigenvalue weighted by Crippen LogP contribution is -2.69. The van der Waals surface area contributed by atoms with E-state index in [9.17, 15) is 15.0 Å². The van der Waals surface area contributed by atoms with Gasteiger partial charge in [0, 0.05) is 6.92 Å². The number of hydrogen-bond donors (Lipinski definition) is 4. The van der Waals surface area contributed by atoms with Crippen molar-refractivity contribution in [3.63, 3.8) is 0 Å². The summed E-state index contributed by atoms with van der Waals surface area (Å²) < 4.78 is 5.35. The zero-order valence-corrected chi connectivity index (χ0v) is 11.1. The van der Waals surface area contributed by atoms with E-state index in [4.69, 9.17) is 9.84 Å². The van der Waals surface area contributed by atoms with Crippen LogP contribution in [0, 0.1) is 5.92 Å². The summed E-state index contributed by atoms with van der Waals surface area (Å²) in [6.07, 6.45) is -2.69. The first-order valence-corrected chi connectivity index (χ1v) is 6.19. The third kappa shape index (κ3) is 3.20. The highest BCUT2D eigenvalue weighted by atomic mass is 16.5. The molecular formula is C12H23NO5. The molecule has 0 saturated carbocycles. The monoisotopic (exact) mass is 261 g/mol. The van der Waals surface area contributed by atoms with Gasteiger partial charge < -0.3 is 25.4 Å². The van der Waals surface area contributed by atoms with Gasteiger partial charge in [0.05, 0.1) is 18.8 Å². The smallest absolute Gasteiger partial charge is 0.217 e. The molecule has 6 heteroatoms. The maximum absolute atomic E-state index is 11.3. The van der Waals surface area contributed by atoms with Gasteiger partial charge in [-0.3, -0.25) is 4.79 Å². The molecule has 1 aliphatic heterocycles. The van der Waals surface area contributed by atoms with Crippen molar-refractivity contribution in [2.75, 3.05) is 13.2 Å². The predicted octanol–water partition coefficient (Wildman–Crippen LogP) is -0.980. The first kappa shape index (κ1) is 15.4. The molecule has 106 valence electrons. The van der Waals surface area contributed by atoms with Gasteiger partial charge in [0.1, 0.15) is 18.3 Å². The number of aliphatic hydroxyl groups excluding tert-OH is 3. The van der Waals surface area contributed by atoms with Crippen molar-refractivity contribution in [2.24, 2.45) is 5.92 Å². The molecule has 0 aliphatic carbocycles. The molecule has 0 spiro atoms. The lowest BCUT2D eigenvalue weighted by molar-refractivity contribution is -0.194. The standard InChI is InChI=1S/C12H23NO5/c1-7(2)4-12(13-8(3)15)6-18-9(5-14)10(16)11(12)17/h7,9-11,14,16-17H,4-6H2,1-3H3,(H,13,15)/t9?,10-,11?,12?/m1/s1. The van der Waals surface area contributed by atoms with Gasteiger partial charge >= 0.3 is 0 Å². The van der Waals surface area contributed by atoms with Crippen molar-refractivity contribution in [1.29, 1.82) is 0 Å². The highest BCUT2D eigenvalue weighted by Crippen LogP contribution is 2.30. The number of amides is 1. The van der Waals surface area contributed by atoms with Gasteiger partial charge in [0.2, 0.25) is 5.91 Å². The van der Waals surface area contributed by atoms with Crippen LogP contribution in [0.3, 0.4) is 0 Å². The second kappa shape index (κ2) is 5.97. The van der Waals surface area contributed by atoms with E-state index in [1.54, 1.807) is 0 Å². The fourth-order valence-corrected chi connectivity index (χ4v) is 2.55. The Morgan fingerprint density at radius 1 is 1.50 bits per heavy atom. The molecule has 1 amide bonds. The predicted molar refractivity (Wildman–Crippen MR) is 64.8 cm³/mol. The summed E-state index contributed by atoms with van der Waals surface area (Å²) >= 11 is 0. The van der Waals surface area contributed by atoms with E-state index >= 15 is 0 Å². The molecule has 18 heavy (non-hydrogen) atoms. The molecule has 0 aromatic heterocycles. The van der Waals surface area contributed by atoms with Crippen LogP contribution in [0.4, 0.5) is 0 Å². The summed E-state index contributed by atoms with van der Waals surface area (Å²) in [5, 5.41) is 31.9. The molecule has 1 aliphatic rings. The highest BCUT2D eigenvalue weighted by Gasteiger charge is 2.49. The fourth-order valence-electron chi connectivity index (χ4n) is 2.55. The fraction of sp³-hybridized carbons (Fsp3) is 0.917. The van der Waals surface area contributed by atoms with Crippen molar-refractivity contribution in [2.45, 2.75) is 51.0 Å². The largest absolute Gasteiger partial charge is 0.394 e. The van der Waals surface area contributed by atoms with E-state index in [0.717, 1.165) is 0 Å². The van der Waals surface area contributed by atoms with Crippen LogP contribution in [0.1, 0.15) is 27.2 Å². The SMILES string of the molecule is CC(=O)NC1(CC(C)C)COC(CO)[C@@H](O)C1O. The van der Waals surface area contributed by atoms with Crippen LogP contribution in [0.25, 0.3) is 0 Å². The van der Waals surface area contributed by atoms with E-state index in [2.05, 4.69) is 5.32 Å². The van der Waals surface area contributed by atoms with Crippen LogP contribution in [0.5, 0.6) is 0 Å². The summed E-state index contributed by atoms with van der Waals surface area (Å²) in [5.41, 5.74) is -0.995. The van der Waals surface area contributed by atoms with Gasteiger partial charge in [0.15, 0.2) is 0 Å². The number of ether oxygens (including phenoxy) is 1. The summed E-state index contributed by atoms with van der Waals surface area (Å²) in [6.45, 7) is 4.99. The van der Waals surface area contributed by atoms with E-state index in [0.29, 0.717) is 6.42 Å². The summed E-state index contributed by atoms with van der Waals surface area (Å²) in [7, 11) is 0. The van der Waals surface area contributed by atoms with Crippen molar-refractivity contribution in [3.05, 3.63) is 0 Å². The highest BCUT2D eigenvalue weighted by molar-refractivity contribution is 5.74. The van der Waals surface area contributed by atoms with E-state index < -0.39 is 23.9 Å². The molecule has 4 N–H and O–H groups in total. The van der Waals surface area contributed by atoms with Crippen LogP contribution < -0.4 is 5.32 Å². The van der Waals surface area contributed by atoms with Crippen LogP contribution in [-0.2, 0) is 9.53 Å². The van der Waals surface area contributed by atoms with Crippen LogP contribution in [-0.4, -0.2) is 58.3 Å². The zero-order valence-electron chi connectivity index (χ0n) is 11.1. The summed E-state index contributed by atoms with van der Waals surface area (Å²) in [5.74, 6) is -0.0686. The lowest BCUT2D eigenvalue weighted by atomic mass is 9.79. The van der Waals surface area contributed by atoms with E-state index in [1.807, 2.05) is 13.8 Å². The molecule has 0 radical (unpaired) electrons. The maximum Gasteiger partial charge on any atom is 0.217 e. The Morgan fingerprint density at radius 3 is 2.56 bits per heavy atom. The molecule has 1 rings (SSSR count). The molecule has 0 bridgehead atoms. The van der Waals surface area contributed by atoms with Crippen LogP contribution >= 0.6 is 0 Å². The van der Waals surface area contributed by atoms with Crippen LogP contribution in [0.15, 0.2) is 0 Å². The molecule has 4 atom stereocenters. The molecule has 3 unspecified atom stereocenters. The first-order chi connectivity index (χ1) is 8.32. The van der Waals surface area contributed by atoms with Crippen molar-refractivity contribution in [1.82, 2.24) is 5.32 Å². The second-order valence-corrected chi connectivity index (χ2v) is 5.40. The van der Waals surface area contributed by atoms with Gasteiger partial charge in [-0.15, -0.1) is 0 Å². The second-order valence-electron chi connectivity index (χ2n) is 5.40. The topological polar surface area (TPSA) is 99.0 Å². The minimum Gasteiger partial charge on any atom is -0.394 e. The maximum atomic E-state index is 11.3. The Bertz CT molecular complexity index is 296. The van der Waals surface area contributed by atoms with Crippen molar-refractivity contribution in [3.8, 4) is 0 Å². The van der Waals surface area contributed by atoms with Gasteiger partial charge in [-0.05, 0) is 12.3 Å². The first-order valence-electron chi connectivity index (χ1n) is 6.19. The number of carbonyl (C=O) groups excluding carboxylic acids is 1. The molecule has 0 aromatic carbocycles. The van der Waals surface area contributed by atoms with E-state index in [1.165, 1.54) is 6.92 Å². The number of rotatable bonds is 4. The Hall–Kier alpha value is -0.690. The Balaban J connectivity index is 2.92. The van der Waals surface area contributed by atoms with Gasteiger partial charge in [-0.2, -0.15) is 0 Å².